The van der Waals surface area contributed by atoms with Gasteiger partial charge in [0.15, 0.2) is 0 Å². The van der Waals surface area contributed by atoms with Gasteiger partial charge in [0.25, 0.3) is 0 Å². The van der Waals surface area contributed by atoms with Crippen molar-refractivity contribution in [1.82, 2.24) is 0 Å². The second kappa shape index (κ2) is 5.66. The Morgan fingerprint density at radius 2 is 1.93 bits per heavy atom. The fourth-order valence-corrected chi connectivity index (χ4v) is 2.09. The molecule has 0 heterocycles. The molecule has 0 aromatic heterocycles. The van der Waals surface area contributed by atoms with E-state index < -0.39 is 0 Å². The number of esters is 1. The Kier molecular flexibility index (Phi) is 4.80. The van der Waals surface area contributed by atoms with Gasteiger partial charge in [0.1, 0.15) is 0 Å². The van der Waals surface area contributed by atoms with E-state index in [-0.39, 0.29) is 5.97 Å². The maximum Gasteiger partial charge on any atom is 0.310 e. The van der Waals surface area contributed by atoms with Crippen molar-refractivity contribution >= 4 is 37.8 Å². The van der Waals surface area contributed by atoms with Crippen molar-refractivity contribution in [2.45, 2.75) is 20.3 Å². The van der Waals surface area contributed by atoms with Crippen LogP contribution in [0.5, 0.6) is 0 Å². The molecule has 0 saturated carbocycles. The minimum Gasteiger partial charge on any atom is -0.466 e. The second-order valence-electron chi connectivity index (χ2n) is 3.17. The van der Waals surface area contributed by atoms with Crippen LogP contribution in [0.2, 0.25) is 0 Å². The van der Waals surface area contributed by atoms with Crippen LogP contribution in [0.15, 0.2) is 21.1 Å². The number of rotatable bonds is 3. The summed E-state index contributed by atoms with van der Waals surface area (Å²) in [6.07, 6.45) is 0.325. The fourth-order valence-electron chi connectivity index (χ4n) is 1.25. The Balaban J connectivity index is 2.86. The molecule has 0 amide bonds. The maximum atomic E-state index is 11.3. The first-order valence-corrected chi connectivity index (χ1v) is 6.23. The lowest BCUT2D eigenvalue weighted by Gasteiger charge is -2.07. The summed E-state index contributed by atoms with van der Waals surface area (Å²) in [6, 6.07) is 3.93. The lowest BCUT2D eigenvalue weighted by atomic mass is 10.1. The summed E-state index contributed by atoms with van der Waals surface area (Å²) in [5.74, 6) is -0.185. The molecule has 1 rings (SSSR count). The van der Waals surface area contributed by atoms with Gasteiger partial charge in [-0.15, -0.1) is 0 Å². The van der Waals surface area contributed by atoms with Crippen LogP contribution in [-0.2, 0) is 16.0 Å². The first-order valence-electron chi connectivity index (χ1n) is 4.64. The van der Waals surface area contributed by atoms with Gasteiger partial charge in [-0.2, -0.15) is 0 Å². The zero-order chi connectivity index (χ0) is 11.4. The highest BCUT2D eigenvalue weighted by molar-refractivity contribution is 9.13. The minimum absolute atomic E-state index is 0.185. The summed E-state index contributed by atoms with van der Waals surface area (Å²) in [4.78, 5) is 11.3. The zero-order valence-electron chi connectivity index (χ0n) is 8.64. The summed E-state index contributed by atoms with van der Waals surface area (Å²) in [5, 5.41) is 0. The molecule has 1 aromatic rings. The van der Waals surface area contributed by atoms with Crippen LogP contribution in [0, 0.1) is 6.92 Å². The van der Waals surface area contributed by atoms with E-state index in [0.29, 0.717) is 13.0 Å². The standard InChI is InChI=1S/C11H12Br2O2/c1-3-15-11(14)6-8-5-10(13)9(12)4-7(8)2/h4-5H,3,6H2,1-2H3. The van der Waals surface area contributed by atoms with Gasteiger partial charge in [0, 0.05) is 8.95 Å². The average molecular weight is 336 g/mol. The highest BCUT2D eigenvalue weighted by Gasteiger charge is 2.08. The molecular weight excluding hydrogens is 324 g/mol. The molecule has 0 atom stereocenters. The van der Waals surface area contributed by atoms with Crippen LogP contribution < -0.4 is 0 Å². The van der Waals surface area contributed by atoms with Crippen molar-refractivity contribution in [1.29, 1.82) is 0 Å². The number of ether oxygens (including phenoxy) is 1. The third-order valence-corrected chi connectivity index (χ3v) is 3.86. The van der Waals surface area contributed by atoms with Crippen LogP contribution in [0.3, 0.4) is 0 Å². The summed E-state index contributed by atoms with van der Waals surface area (Å²) in [7, 11) is 0. The van der Waals surface area contributed by atoms with Crippen molar-refractivity contribution in [2.75, 3.05) is 6.61 Å². The van der Waals surface area contributed by atoms with E-state index in [1.165, 1.54) is 0 Å². The molecule has 0 radical (unpaired) electrons. The summed E-state index contributed by atoms with van der Waals surface area (Å²) in [5.41, 5.74) is 2.07. The van der Waals surface area contributed by atoms with Gasteiger partial charge in [-0.25, -0.2) is 0 Å². The molecule has 4 heteroatoms. The molecule has 0 unspecified atom stereocenters. The predicted molar refractivity (Wildman–Crippen MR) is 66.9 cm³/mol. The highest BCUT2D eigenvalue weighted by Crippen LogP contribution is 2.26. The molecular formula is C11H12Br2O2. The Morgan fingerprint density at radius 3 is 2.53 bits per heavy atom. The SMILES string of the molecule is CCOC(=O)Cc1cc(Br)c(Br)cc1C. The highest BCUT2D eigenvalue weighted by atomic mass is 79.9. The average Bonchev–Trinajstić information content (AvgIpc) is 2.14. The fraction of sp³-hybridized carbons (Fsp3) is 0.364. The van der Waals surface area contributed by atoms with Gasteiger partial charge < -0.3 is 4.74 Å². The Bertz CT molecular complexity index is 375. The molecule has 1 aromatic carbocycles. The van der Waals surface area contributed by atoms with Gasteiger partial charge in [-0.1, -0.05) is 0 Å². The molecule has 0 saturated heterocycles. The van der Waals surface area contributed by atoms with Crippen molar-refractivity contribution < 1.29 is 9.53 Å². The Labute approximate surface area is 106 Å². The van der Waals surface area contributed by atoms with E-state index in [1.54, 1.807) is 0 Å². The van der Waals surface area contributed by atoms with Crippen molar-refractivity contribution in [3.63, 3.8) is 0 Å². The number of benzene rings is 1. The number of hydrogen-bond donors (Lipinski definition) is 0. The molecule has 82 valence electrons. The first-order chi connectivity index (χ1) is 7.04. The quantitative estimate of drug-likeness (QED) is 0.788. The topological polar surface area (TPSA) is 26.3 Å². The van der Waals surface area contributed by atoms with Crippen molar-refractivity contribution in [3.05, 3.63) is 32.2 Å². The summed E-state index contributed by atoms with van der Waals surface area (Å²) in [6.45, 7) is 4.21. The molecule has 0 fully saturated rings. The number of hydrogen-bond acceptors (Lipinski definition) is 2. The molecule has 0 aliphatic heterocycles. The number of aryl methyl sites for hydroxylation is 1. The van der Waals surface area contributed by atoms with Crippen LogP contribution in [0.4, 0.5) is 0 Å². The van der Waals surface area contributed by atoms with Gasteiger partial charge in [-0.05, 0) is 69.0 Å². The molecule has 0 aliphatic carbocycles. The second-order valence-corrected chi connectivity index (χ2v) is 4.88. The van der Waals surface area contributed by atoms with Crippen LogP contribution in [0.1, 0.15) is 18.1 Å². The van der Waals surface area contributed by atoms with Gasteiger partial charge in [0.05, 0.1) is 13.0 Å². The third kappa shape index (κ3) is 3.61. The molecule has 0 aliphatic rings. The predicted octanol–water partition coefficient (Wildman–Crippen LogP) is 3.63. The zero-order valence-corrected chi connectivity index (χ0v) is 11.8. The van der Waals surface area contributed by atoms with Gasteiger partial charge >= 0.3 is 5.97 Å². The normalized spacial score (nSPS) is 10.1. The third-order valence-electron chi connectivity index (χ3n) is 2.02. The van der Waals surface area contributed by atoms with Crippen molar-refractivity contribution in [2.24, 2.45) is 0 Å². The van der Waals surface area contributed by atoms with E-state index in [9.17, 15) is 4.79 Å². The van der Waals surface area contributed by atoms with E-state index in [4.69, 9.17) is 4.74 Å². The van der Waals surface area contributed by atoms with Crippen LogP contribution in [0.25, 0.3) is 0 Å². The van der Waals surface area contributed by atoms with Crippen molar-refractivity contribution in [3.8, 4) is 0 Å². The Morgan fingerprint density at radius 1 is 1.33 bits per heavy atom. The lowest BCUT2D eigenvalue weighted by molar-refractivity contribution is -0.142. The van der Waals surface area contributed by atoms with Crippen LogP contribution in [-0.4, -0.2) is 12.6 Å². The molecule has 0 spiro atoms. The van der Waals surface area contributed by atoms with E-state index >= 15 is 0 Å². The maximum absolute atomic E-state index is 11.3. The van der Waals surface area contributed by atoms with Crippen LogP contribution >= 0.6 is 31.9 Å². The van der Waals surface area contributed by atoms with Gasteiger partial charge in [-0.3, -0.25) is 4.79 Å². The molecule has 0 bridgehead atoms. The Hall–Kier alpha value is -0.350. The van der Waals surface area contributed by atoms with E-state index in [1.807, 2.05) is 26.0 Å². The summed E-state index contributed by atoms with van der Waals surface area (Å²) < 4.78 is 6.85. The minimum atomic E-state index is -0.185. The monoisotopic (exact) mass is 334 g/mol. The van der Waals surface area contributed by atoms with E-state index in [0.717, 1.165) is 20.1 Å². The lowest BCUT2D eigenvalue weighted by Crippen LogP contribution is -2.08. The van der Waals surface area contributed by atoms with E-state index in [2.05, 4.69) is 31.9 Å². The molecule has 15 heavy (non-hydrogen) atoms. The van der Waals surface area contributed by atoms with Gasteiger partial charge in [0.2, 0.25) is 0 Å². The largest absolute Gasteiger partial charge is 0.466 e. The number of carbonyl (C=O) groups excluding carboxylic acids is 1. The smallest absolute Gasteiger partial charge is 0.310 e. The molecule has 0 N–H and O–H groups in total. The summed E-state index contributed by atoms with van der Waals surface area (Å²) >= 11 is 6.82. The number of carbonyl (C=O) groups is 1. The molecule has 2 nitrogen and oxygen atoms in total. The number of halogens is 2. The first kappa shape index (κ1) is 12.7.